The van der Waals surface area contributed by atoms with Gasteiger partial charge in [-0.3, -0.25) is 25.4 Å². The number of rotatable bonds is 4. The fraction of sp³-hybridized carbons (Fsp3) is 0.294. The van der Waals surface area contributed by atoms with Crippen molar-refractivity contribution in [3.8, 4) is 0 Å². The highest BCUT2D eigenvalue weighted by Crippen LogP contribution is 2.27. The second-order valence-corrected chi connectivity index (χ2v) is 6.15. The van der Waals surface area contributed by atoms with Gasteiger partial charge in [0.1, 0.15) is 0 Å². The number of hydrogen-bond donors (Lipinski definition) is 2. The van der Waals surface area contributed by atoms with Crippen LogP contribution in [-0.4, -0.2) is 36.4 Å². The van der Waals surface area contributed by atoms with Gasteiger partial charge < -0.3 is 0 Å². The smallest absolute Gasteiger partial charge is 0.273 e. The van der Waals surface area contributed by atoms with E-state index in [1.54, 1.807) is 19.9 Å². The highest BCUT2D eigenvalue weighted by atomic mass is 19.4. The Labute approximate surface area is 162 Å². The van der Waals surface area contributed by atoms with Gasteiger partial charge in [0.05, 0.1) is 5.56 Å². The van der Waals surface area contributed by atoms with Crippen LogP contribution in [0.2, 0.25) is 0 Å². The first kappa shape index (κ1) is 20.2. The summed E-state index contributed by atoms with van der Waals surface area (Å²) >= 11 is 0. The maximum Gasteiger partial charge on any atom is 0.453 e. The molecule has 0 aliphatic carbocycles. The number of amides is 2. The summed E-state index contributed by atoms with van der Waals surface area (Å²) in [6.07, 6.45) is -1.65. The molecule has 0 saturated heterocycles. The summed E-state index contributed by atoms with van der Waals surface area (Å²) in [5.41, 5.74) is 6.25. The molecule has 0 fully saturated rings. The molecule has 2 N–H and O–H groups in total. The topological polar surface area (TPSA) is 114 Å². The summed E-state index contributed by atoms with van der Waals surface area (Å²) in [5, 5.41) is 3.46. The lowest BCUT2D eigenvalue weighted by Gasteiger charge is -2.11. The number of pyridine rings is 1. The Hall–Kier alpha value is -3.57. The Morgan fingerprint density at radius 3 is 2.59 bits per heavy atom. The Kier molecular flexibility index (Phi) is 5.43. The standard InChI is InChI=1S/C17H16F3N7O2/c1-9-12(10(2)27-16(22-9)23-15(26-27)17(18,19)20)5-6-13(28)24-25-14(29)11-4-3-7-21-8-11/h3-4,7-8H,5-6H2,1-2H3,(H,24,28)(H,25,29). The molecule has 0 spiro atoms. The lowest BCUT2D eigenvalue weighted by atomic mass is 10.1. The molecule has 2 amide bonds. The van der Waals surface area contributed by atoms with Crippen LogP contribution in [0.3, 0.4) is 0 Å². The minimum atomic E-state index is -4.68. The van der Waals surface area contributed by atoms with Crippen molar-refractivity contribution in [1.82, 2.24) is 35.4 Å². The number of aryl methyl sites for hydroxylation is 2. The van der Waals surface area contributed by atoms with Gasteiger partial charge in [-0.15, -0.1) is 5.10 Å². The van der Waals surface area contributed by atoms with Crippen molar-refractivity contribution in [1.29, 1.82) is 0 Å². The number of nitrogens with zero attached hydrogens (tertiary/aromatic N) is 5. The molecule has 3 rings (SSSR count). The van der Waals surface area contributed by atoms with Gasteiger partial charge in [-0.25, -0.2) is 9.50 Å². The SMILES string of the molecule is Cc1nc2nc(C(F)(F)F)nn2c(C)c1CCC(=O)NNC(=O)c1cccnc1. The predicted octanol–water partition coefficient (Wildman–Crippen LogP) is 1.55. The number of aromatic nitrogens is 5. The molecule has 0 saturated carbocycles. The molecule has 3 aromatic rings. The van der Waals surface area contributed by atoms with Gasteiger partial charge in [0.25, 0.3) is 17.5 Å². The van der Waals surface area contributed by atoms with Crippen molar-refractivity contribution < 1.29 is 22.8 Å². The summed E-state index contributed by atoms with van der Waals surface area (Å²) in [6.45, 7) is 3.19. The molecule has 152 valence electrons. The molecule has 3 heterocycles. The van der Waals surface area contributed by atoms with Crippen LogP contribution in [0.15, 0.2) is 24.5 Å². The predicted molar refractivity (Wildman–Crippen MR) is 93.4 cm³/mol. The van der Waals surface area contributed by atoms with Crippen LogP contribution < -0.4 is 10.9 Å². The summed E-state index contributed by atoms with van der Waals surface area (Å²) in [7, 11) is 0. The lowest BCUT2D eigenvalue weighted by molar-refractivity contribution is -0.144. The van der Waals surface area contributed by atoms with Crippen molar-refractivity contribution >= 4 is 17.6 Å². The van der Waals surface area contributed by atoms with Gasteiger partial charge in [0, 0.05) is 30.2 Å². The first-order valence-corrected chi connectivity index (χ1v) is 8.46. The Balaban J connectivity index is 1.67. The Morgan fingerprint density at radius 2 is 1.93 bits per heavy atom. The first-order valence-electron chi connectivity index (χ1n) is 8.46. The molecule has 0 atom stereocenters. The van der Waals surface area contributed by atoms with Crippen molar-refractivity contribution in [3.63, 3.8) is 0 Å². The third-order valence-corrected chi connectivity index (χ3v) is 4.14. The number of hydrogen-bond acceptors (Lipinski definition) is 6. The van der Waals surface area contributed by atoms with Crippen LogP contribution in [0.5, 0.6) is 0 Å². The molecule has 9 nitrogen and oxygen atoms in total. The van der Waals surface area contributed by atoms with Gasteiger partial charge in [-0.2, -0.15) is 18.2 Å². The molecule has 0 bridgehead atoms. The summed E-state index contributed by atoms with van der Waals surface area (Å²) in [4.78, 5) is 35.2. The van der Waals surface area contributed by atoms with Crippen LogP contribution in [-0.2, 0) is 17.4 Å². The number of halogens is 3. The summed E-state index contributed by atoms with van der Waals surface area (Å²) in [6, 6.07) is 3.12. The molecule has 12 heteroatoms. The Bertz CT molecular complexity index is 1060. The second kappa shape index (κ2) is 7.81. The minimum Gasteiger partial charge on any atom is -0.273 e. The maximum absolute atomic E-state index is 12.8. The summed E-state index contributed by atoms with van der Waals surface area (Å²) < 4.78 is 39.5. The van der Waals surface area contributed by atoms with Gasteiger partial charge in [0.2, 0.25) is 5.91 Å². The number of carbonyl (C=O) groups is 2. The zero-order valence-corrected chi connectivity index (χ0v) is 15.4. The second-order valence-electron chi connectivity index (χ2n) is 6.15. The normalized spacial score (nSPS) is 11.5. The molecular formula is C17H16F3N7O2. The molecular weight excluding hydrogens is 391 g/mol. The van der Waals surface area contributed by atoms with Crippen LogP contribution in [0.4, 0.5) is 13.2 Å². The summed E-state index contributed by atoms with van der Waals surface area (Å²) in [5.74, 6) is -2.44. The fourth-order valence-electron chi connectivity index (χ4n) is 2.69. The maximum atomic E-state index is 12.8. The third-order valence-electron chi connectivity index (χ3n) is 4.14. The third kappa shape index (κ3) is 4.47. The highest BCUT2D eigenvalue weighted by Gasteiger charge is 2.36. The average Bonchev–Trinajstić information content (AvgIpc) is 3.11. The molecule has 0 aliphatic heterocycles. The van der Waals surface area contributed by atoms with Crippen molar-refractivity contribution in [2.24, 2.45) is 0 Å². The number of nitrogens with one attached hydrogen (secondary N) is 2. The van der Waals surface area contributed by atoms with E-state index in [9.17, 15) is 22.8 Å². The quantitative estimate of drug-likeness (QED) is 0.635. The molecule has 0 aliphatic rings. The fourth-order valence-corrected chi connectivity index (χ4v) is 2.69. The number of carbonyl (C=O) groups excluding carboxylic acids is 2. The van der Waals surface area contributed by atoms with E-state index < -0.39 is 23.8 Å². The van der Waals surface area contributed by atoms with Crippen molar-refractivity contribution in [3.05, 3.63) is 52.9 Å². The van der Waals surface area contributed by atoms with Crippen LogP contribution in [0.1, 0.15) is 39.6 Å². The van der Waals surface area contributed by atoms with Crippen molar-refractivity contribution in [2.75, 3.05) is 0 Å². The van der Waals surface area contributed by atoms with E-state index >= 15 is 0 Å². The van der Waals surface area contributed by atoms with E-state index in [4.69, 9.17) is 0 Å². The monoisotopic (exact) mass is 407 g/mol. The molecule has 0 unspecified atom stereocenters. The Morgan fingerprint density at radius 1 is 1.17 bits per heavy atom. The van der Waals surface area contributed by atoms with E-state index in [2.05, 4.69) is 30.9 Å². The van der Waals surface area contributed by atoms with Crippen LogP contribution >= 0.6 is 0 Å². The molecule has 3 aromatic heterocycles. The minimum absolute atomic E-state index is 0.0248. The van der Waals surface area contributed by atoms with E-state index in [1.807, 2.05) is 0 Å². The molecule has 0 aromatic carbocycles. The number of fused-ring (bicyclic) bond motifs is 1. The van der Waals surface area contributed by atoms with Gasteiger partial charge in [-0.1, -0.05) is 0 Å². The zero-order valence-electron chi connectivity index (χ0n) is 15.4. The zero-order chi connectivity index (χ0) is 21.2. The highest BCUT2D eigenvalue weighted by molar-refractivity contribution is 5.95. The van der Waals surface area contributed by atoms with E-state index in [1.165, 1.54) is 18.5 Å². The van der Waals surface area contributed by atoms with E-state index in [0.717, 1.165) is 4.52 Å². The van der Waals surface area contributed by atoms with E-state index in [0.29, 0.717) is 17.0 Å². The average molecular weight is 407 g/mol. The van der Waals surface area contributed by atoms with E-state index in [-0.39, 0.29) is 24.2 Å². The van der Waals surface area contributed by atoms with Crippen LogP contribution in [0, 0.1) is 13.8 Å². The van der Waals surface area contributed by atoms with Gasteiger partial charge in [-0.05, 0) is 38.0 Å². The van der Waals surface area contributed by atoms with Crippen LogP contribution in [0.25, 0.3) is 5.78 Å². The molecule has 29 heavy (non-hydrogen) atoms. The van der Waals surface area contributed by atoms with Gasteiger partial charge >= 0.3 is 6.18 Å². The number of alkyl halides is 3. The lowest BCUT2D eigenvalue weighted by Crippen LogP contribution is -2.41. The van der Waals surface area contributed by atoms with Gasteiger partial charge in [0.15, 0.2) is 0 Å². The molecule has 0 radical (unpaired) electrons. The number of hydrazine groups is 1. The largest absolute Gasteiger partial charge is 0.453 e. The first-order chi connectivity index (χ1) is 13.7. The van der Waals surface area contributed by atoms with Crippen molar-refractivity contribution in [2.45, 2.75) is 32.9 Å².